The Balaban J connectivity index is 1.34. The van der Waals surface area contributed by atoms with E-state index >= 15 is 0 Å². The van der Waals surface area contributed by atoms with E-state index < -0.39 is 11.9 Å². The minimum atomic E-state index is -0.930. The summed E-state index contributed by atoms with van der Waals surface area (Å²) in [6, 6.07) is 13.4. The van der Waals surface area contributed by atoms with Crippen LogP contribution in [0, 0.1) is 0 Å². The average Bonchev–Trinajstić information content (AvgIpc) is 3.07. The fourth-order valence-electron chi connectivity index (χ4n) is 3.41. The molecule has 1 atom stereocenters. The first-order valence-corrected chi connectivity index (χ1v) is 9.61. The van der Waals surface area contributed by atoms with Crippen LogP contribution >= 0.6 is 11.6 Å². The van der Waals surface area contributed by atoms with E-state index in [2.05, 4.69) is 16.0 Å². The van der Waals surface area contributed by atoms with Gasteiger partial charge in [0.05, 0.1) is 17.7 Å². The first-order chi connectivity index (χ1) is 14.0. The third-order valence-electron chi connectivity index (χ3n) is 4.88. The Morgan fingerprint density at radius 3 is 2.79 bits per heavy atom. The summed E-state index contributed by atoms with van der Waals surface area (Å²) in [6.45, 7) is 0.946. The predicted octanol–water partition coefficient (Wildman–Crippen LogP) is 2.55. The highest BCUT2D eigenvalue weighted by Gasteiger charge is 2.29. The van der Waals surface area contributed by atoms with Crippen LogP contribution in [0.15, 0.2) is 54.7 Å². The fraction of sp³-hybridized carbons (Fsp3) is 0.190. The van der Waals surface area contributed by atoms with E-state index in [1.807, 2.05) is 35.0 Å². The molecule has 0 spiro atoms. The van der Waals surface area contributed by atoms with Crippen molar-refractivity contribution in [3.8, 4) is 0 Å². The second-order valence-corrected chi connectivity index (χ2v) is 7.20. The molecule has 1 aliphatic rings. The molecule has 0 radical (unpaired) electrons. The smallest absolute Gasteiger partial charge is 0.254 e. The average molecular weight is 411 g/mol. The summed E-state index contributed by atoms with van der Waals surface area (Å²) in [6.07, 6.45) is 1.78. The minimum absolute atomic E-state index is 0.135. The van der Waals surface area contributed by atoms with E-state index in [1.165, 1.54) is 0 Å². The Morgan fingerprint density at radius 1 is 1.10 bits per heavy atom. The summed E-state index contributed by atoms with van der Waals surface area (Å²) >= 11 is 6.18. The van der Waals surface area contributed by atoms with Crippen molar-refractivity contribution in [3.63, 3.8) is 0 Å². The molecule has 2 aromatic carbocycles. The van der Waals surface area contributed by atoms with E-state index in [0.717, 1.165) is 10.9 Å². The van der Waals surface area contributed by atoms with E-state index in [4.69, 9.17) is 11.6 Å². The molecule has 0 fully saturated rings. The van der Waals surface area contributed by atoms with Gasteiger partial charge in [-0.05, 0) is 30.3 Å². The van der Waals surface area contributed by atoms with E-state index in [9.17, 15) is 14.4 Å². The molecule has 3 amide bonds. The lowest BCUT2D eigenvalue weighted by Gasteiger charge is -2.14. The summed E-state index contributed by atoms with van der Waals surface area (Å²) in [5, 5.41) is 9.75. The summed E-state index contributed by atoms with van der Waals surface area (Å²) in [7, 11) is 0. The van der Waals surface area contributed by atoms with Gasteiger partial charge in [0.15, 0.2) is 0 Å². The van der Waals surface area contributed by atoms with Gasteiger partial charge in [-0.1, -0.05) is 29.8 Å². The highest BCUT2D eigenvalue weighted by molar-refractivity contribution is 6.35. The van der Waals surface area contributed by atoms with Crippen molar-refractivity contribution in [2.45, 2.75) is 19.0 Å². The number of carbonyl (C=O) groups excluding carboxylic acids is 3. The standard InChI is InChI=1S/C21H19ClN4O3/c22-15-5-3-7-18-13(15)8-10-26(18)11-9-23-19(27)12-17-21(29)24-16-6-2-1-4-14(16)20(28)25-17/h1-8,10,17H,9,11-12H2,(H,23,27)(H,24,29)(H,25,28)/t17-/m1/s1. The Labute approximate surface area is 172 Å². The van der Waals surface area contributed by atoms with Gasteiger partial charge in [0.1, 0.15) is 6.04 Å². The van der Waals surface area contributed by atoms with Crippen molar-refractivity contribution in [1.82, 2.24) is 15.2 Å². The largest absolute Gasteiger partial charge is 0.354 e. The zero-order valence-electron chi connectivity index (χ0n) is 15.4. The molecule has 0 saturated heterocycles. The highest BCUT2D eigenvalue weighted by atomic mass is 35.5. The maximum atomic E-state index is 12.4. The third kappa shape index (κ3) is 3.95. The number of aromatic nitrogens is 1. The first kappa shape index (κ1) is 19.0. The van der Waals surface area contributed by atoms with Crippen LogP contribution in [0.25, 0.3) is 10.9 Å². The predicted molar refractivity (Wildman–Crippen MR) is 111 cm³/mol. The lowest BCUT2D eigenvalue weighted by Crippen LogP contribution is -2.44. The lowest BCUT2D eigenvalue weighted by atomic mass is 10.1. The number of anilines is 1. The number of nitrogens with zero attached hydrogens (tertiary/aromatic N) is 1. The van der Waals surface area contributed by atoms with Gasteiger partial charge in [-0.15, -0.1) is 0 Å². The molecule has 0 unspecified atom stereocenters. The summed E-state index contributed by atoms with van der Waals surface area (Å²) in [5.41, 5.74) is 1.80. The van der Waals surface area contributed by atoms with Gasteiger partial charge in [0.25, 0.3) is 5.91 Å². The maximum absolute atomic E-state index is 12.4. The molecule has 0 bridgehead atoms. The number of halogens is 1. The van der Waals surface area contributed by atoms with Crippen molar-refractivity contribution in [2.24, 2.45) is 0 Å². The summed E-state index contributed by atoms with van der Waals surface area (Å²) in [5.74, 6) is -1.11. The van der Waals surface area contributed by atoms with Crippen LogP contribution in [0.1, 0.15) is 16.8 Å². The number of benzene rings is 2. The molecule has 2 heterocycles. The Kier molecular flexibility index (Phi) is 5.22. The molecule has 3 N–H and O–H groups in total. The second kappa shape index (κ2) is 7.97. The Morgan fingerprint density at radius 2 is 1.93 bits per heavy atom. The third-order valence-corrected chi connectivity index (χ3v) is 5.21. The van der Waals surface area contributed by atoms with Crippen LogP contribution < -0.4 is 16.0 Å². The minimum Gasteiger partial charge on any atom is -0.354 e. The van der Waals surface area contributed by atoms with Gasteiger partial charge in [0, 0.05) is 35.2 Å². The second-order valence-electron chi connectivity index (χ2n) is 6.80. The number of nitrogens with one attached hydrogen (secondary N) is 3. The normalized spacial score (nSPS) is 16.0. The van der Waals surface area contributed by atoms with Crippen LogP contribution in [0.2, 0.25) is 5.02 Å². The molecule has 29 heavy (non-hydrogen) atoms. The molecule has 4 rings (SSSR count). The van der Waals surface area contributed by atoms with Gasteiger partial charge in [0.2, 0.25) is 11.8 Å². The summed E-state index contributed by atoms with van der Waals surface area (Å²) < 4.78 is 2.00. The van der Waals surface area contributed by atoms with E-state index in [-0.39, 0.29) is 18.2 Å². The Hall–Kier alpha value is -3.32. The van der Waals surface area contributed by atoms with Crippen LogP contribution in [0.3, 0.4) is 0 Å². The van der Waals surface area contributed by atoms with Gasteiger partial charge in [-0.3, -0.25) is 14.4 Å². The van der Waals surface area contributed by atoms with Crippen molar-refractivity contribution in [3.05, 3.63) is 65.3 Å². The highest BCUT2D eigenvalue weighted by Crippen LogP contribution is 2.24. The topological polar surface area (TPSA) is 92.2 Å². The van der Waals surface area contributed by atoms with Gasteiger partial charge < -0.3 is 20.5 Å². The fourth-order valence-corrected chi connectivity index (χ4v) is 3.64. The molecule has 7 nitrogen and oxygen atoms in total. The maximum Gasteiger partial charge on any atom is 0.254 e. The zero-order chi connectivity index (χ0) is 20.4. The molecule has 0 saturated carbocycles. The van der Waals surface area contributed by atoms with Gasteiger partial charge in [-0.25, -0.2) is 0 Å². The number of fused-ring (bicyclic) bond motifs is 2. The summed E-state index contributed by atoms with van der Waals surface area (Å²) in [4.78, 5) is 37.0. The molecular formula is C21H19ClN4O3. The molecular weight excluding hydrogens is 392 g/mol. The molecule has 1 aliphatic heterocycles. The zero-order valence-corrected chi connectivity index (χ0v) is 16.2. The first-order valence-electron chi connectivity index (χ1n) is 9.24. The van der Waals surface area contributed by atoms with Gasteiger partial charge >= 0.3 is 0 Å². The lowest BCUT2D eigenvalue weighted by molar-refractivity contribution is -0.125. The SMILES string of the molecule is O=C(C[C@H]1NC(=O)c2ccccc2NC1=O)NCCn1ccc2c(Cl)cccc21. The van der Waals surface area contributed by atoms with Gasteiger partial charge in [-0.2, -0.15) is 0 Å². The van der Waals surface area contributed by atoms with Crippen LogP contribution in [-0.4, -0.2) is 34.9 Å². The Bertz CT molecular complexity index is 1110. The van der Waals surface area contributed by atoms with Crippen LogP contribution in [0.5, 0.6) is 0 Å². The van der Waals surface area contributed by atoms with Crippen LogP contribution in [-0.2, 0) is 16.1 Å². The number of hydrogen-bond donors (Lipinski definition) is 3. The molecule has 3 aromatic rings. The number of carbonyl (C=O) groups is 3. The van der Waals surface area contributed by atoms with Crippen LogP contribution in [0.4, 0.5) is 5.69 Å². The number of hydrogen-bond acceptors (Lipinski definition) is 3. The number of amides is 3. The molecule has 1 aromatic heterocycles. The number of para-hydroxylation sites is 1. The monoisotopic (exact) mass is 410 g/mol. The van der Waals surface area contributed by atoms with Crippen molar-refractivity contribution >= 4 is 45.9 Å². The molecule has 0 aliphatic carbocycles. The quantitative estimate of drug-likeness (QED) is 0.603. The molecule has 8 heteroatoms. The number of rotatable bonds is 5. The van der Waals surface area contributed by atoms with E-state index in [1.54, 1.807) is 24.3 Å². The van der Waals surface area contributed by atoms with E-state index in [0.29, 0.717) is 29.4 Å². The molecule has 148 valence electrons. The van der Waals surface area contributed by atoms with Crippen molar-refractivity contribution < 1.29 is 14.4 Å². The van der Waals surface area contributed by atoms with Crippen molar-refractivity contribution in [2.75, 3.05) is 11.9 Å². The van der Waals surface area contributed by atoms with Crippen molar-refractivity contribution in [1.29, 1.82) is 0 Å².